The van der Waals surface area contributed by atoms with E-state index in [0.717, 1.165) is 0 Å². The van der Waals surface area contributed by atoms with E-state index in [2.05, 4.69) is 9.72 Å². The van der Waals surface area contributed by atoms with Crippen LogP contribution in [0.5, 0.6) is 5.88 Å². The topological polar surface area (TPSA) is 74.4 Å². The maximum absolute atomic E-state index is 12.0. The van der Waals surface area contributed by atoms with Crippen molar-refractivity contribution in [2.75, 3.05) is 0 Å². The Morgan fingerprint density at radius 2 is 2.18 bits per heavy atom. The van der Waals surface area contributed by atoms with Crippen molar-refractivity contribution in [1.29, 1.82) is 0 Å². The Morgan fingerprint density at radius 3 is 2.71 bits per heavy atom. The van der Waals surface area contributed by atoms with Crippen molar-refractivity contribution in [3.8, 4) is 5.88 Å². The number of halogens is 2. The van der Waals surface area contributed by atoms with Gasteiger partial charge >= 0.3 is 12.7 Å². The molecule has 0 radical (unpaired) electrons. The number of carbonyl (C=O) groups is 1. The molecule has 1 aromatic heterocycles. The molecule has 0 aliphatic carbocycles. The summed E-state index contributed by atoms with van der Waals surface area (Å²) in [6.07, 6.45) is 0.322. The monoisotopic (exact) mass is 246 g/mol. The molecule has 0 spiro atoms. The first kappa shape index (κ1) is 13.1. The lowest BCUT2D eigenvalue weighted by Gasteiger charge is -2.24. The van der Waals surface area contributed by atoms with Crippen LogP contribution >= 0.6 is 0 Å². The second-order valence-electron chi connectivity index (χ2n) is 3.69. The molecule has 0 saturated heterocycles. The number of amides is 1. The fourth-order valence-electron chi connectivity index (χ4n) is 1.25. The van der Waals surface area contributed by atoms with Gasteiger partial charge < -0.3 is 15.2 Å². The van der Waals surface area contributed by atoms with Crippen LogP contribution in [0.3, 0.4) is 0 Å². The van der Waals surface area contributed by atoms with Gasteiger partial charge in [0.2, 0.25) is 5.88 Å². The summed E-state index contributed by atoms with van der Waals surface area (Å²) in [6.45, 7) is 0.177. The Balaban J connectivity index is 2.94. The zero-order valence-corrected chi connectivity index (χ0v) is 9.31. The minimum atomic E-state index is -2.96. The van der Waals surface area contributed by atoms with Crippen molar-refractivity contribution in [2.24, 2.45) is 5.73 Å². The van der Waals surface area contributed by atoms with Crippen LogP contribution in [-0.4, -0.2) is 17.7 Å². The lowest BCUT2D eigenvalue weighted by atomic mass is 9.99. The van der Waals surface area contributed by atoms with Gasteiger partial charge in [-0.2, -0.15) is 8.78 Å². The predicted molar refractivity (Wildman–Crippen MR) is 54.6 cm³/mol. The van der Waals surface area contributed by atoms with Crippen LogP contribution in [0.15, 0.2) is 18.3 Å². The second-order valence-corrected chi connectivity index (χ2v) is 3.69. The van der Waals surface area contributed by atoms with Gasteiger partial charge in [0.1, 0.15) is 5.60 Å². The Kier molecular flexibility index (Phi) is 3.82. The molecule has 0 saturated carbocycles. The maximum atomic E-state index is 12.0. The second kappa shape index (κ2) is 4.94. The van der Waals surface area contributed by atoms with E-state index in [1.54, 1.807) is 13.8 Å². The van der Waals surface area contributed by atoms with Crippen molar-refractivity contribution in [1.82, 2.24) is 4.98 Å². The van der Waals surface area contributed by atoms with E-state index in [9.17, 15) is 13.6 Å². The Morgan fingerprint density at radius 1 is 1.53 bits per heavy atom. The Labute approximate surface area is 96.5 Å². The largest absolute Gasteiger partial charge is 0.439 e. The summed E-state index contributed by atoms with van der Waals surface area (Å²) in [7, 11) is 0. The number of nitrogens with two attached hydrogens (primary N) is 1. The van der Waals surface area contributed by atoms with Crippen LogP contribution in [0.2, 0.25) is 0 Å². The van der Waals surface area contributed by atoms with Crippen LogP contribution in [0.1, 0.15) is 19.4 Å². The summed E-state index contributed by atoms with van der Waals surface area (Å²) in [4.78, 5) is 14.3. The number of pyridine rings is 1. The van der Waals surface area contributed by atoms with Gasteiger partial charge in [0.05, 0.1) is 0 Å². The first-order valence-corrected chi connectivity index (χ1v) is 4.71. The van der Waals surface area contributed by atoms with Gasteiger partial charge in [0.15, 0.2) is 0 Å². The number of rotatable bonds is 4. The highest BCUT2D eigenvalue weighted by atomic mass is 19.3. The van der Waals surface area contributed by atoms with Crippen LogP contribution in [-0.2, 0) is 10.3 Å². The lowest BCUT2D eigenvalue weighted by molar-refractivity contribution is -0.0532. The average molecular weight is 246 g/mol. The van der Waals surface area contributed by atoms with Crippen molar-refractivity contribution < 1.29 is 23.0 Å². The van der Waals surface area contributed by atoms with E-state index >= 15 is 0 Å². The van der Waals surface area contributed by atoms with Crippen molar-refractivity contribution in [3.63, 3.8) is 0 Å². The quantitative estimate of drug-likeness (QED) is 0.881. The molecule has 7 heteroatoms. The van der Waals surface area contributed by atoms with Crippen LogP contribution in [0.4, 0.5) is 13.6 Å². The third-order valence-electron chi connectivity index (χ3n) is 2.00. The summed E-state index contributed by atoms with van der Waals surface area (Å²) in [5.41, 5.74) is 4.31. The molecule has 5 nitrogen and oxygen atoms in total. The molecule has 0 atom stereocenters. The molecule has 0 unspecified atom stereocenters. The molecule has 0 bridgehead atoms. The smallest absolute Gasteiger partial charge is 0.405 e. The molecule has 0 aliphatic rings. The molecule has 1 rings (SSSR count). The SMILES string of the molecule is CC(C)(OC(N)=O)c1ccnc(OC(F)F)c1. The number of primary amides is 1. The number of hydrogen-bond acceptors (Lipinski definition) is 4. The van der Waals surface area contributed by atoms with Gasteiger partial charge in [-0.05, 0) is 19.9 Å². The fraction of sp³-hybridized carbons (Fsp3) is 0.400. The van der Waals surface area contributed by atoms with Gasteiger partial charge in [0, 0.05) is 17.8 Å². The molecule has 0 aliphatic heterocycles. The fourth-order valence-corrected chi connectivity index (χ4v) is 1.25. The number of nitrogens with zero attached hydrogens (tertiary/aromatic N) is 1. The molecule has 0 aromatic carbocycles. The molecular weight excluding hydrogens is 234 g/mol. The highest BCUT2D eigenvalue weighted by Crippen LogP contribution is 2.26. The predicted octanol–water partition coefficient (Wildman–Crippen LogP) is 2.01. The Bertz CT molecular complexity index is 410. The minimum Gasteiger partial charge on any atom is -0.439 e. The molecule has 94 valence electrons. The third kappa shape index (κ3) is 3.86. The summed E-state index contributed by atoms with van der Waals surface area (Å²) < 4.78 is 33.0. The van der Waals surface area contributed by atoms with Gasteiger partial charge in [-0.1, -0.05) is 0 Å². The van der Waals surface area contributed by atoms with E-state index < -0.39 is 18.3 Å². The molecule has 1 amide bonds. The minimum absolute atomic E-state index is 0.251. The van der Waals surface area contributed by atoms with Crippen LogP contribution in [0.25, 0.3) is 0 Å². The van der Waals surface area contributed by atoms with Crippen molar-refractivity contribution >= 4 is 6.09 Å². The highest BCUT2D eigenvalue weighted by Gasteiger charge is 2.25. The molecule has 0 fully saturated rings. The number of alkyl halides is 2. The van der Waals surface area contributed by atoms with Crippen molar-refractivity contribution in [3.05, 3.63) is 23.9 Å². The standard InChI is InChI=1S/C10H12F2N2O3/c1-10(2,17-9(13)15)6-3-4-14-7(5-6)16-8(11)12/h3-5,8H,1-2H3,(H2,13,15). The highest BCUT2D eigenvalue weighted by molar-refractivity contribution is 5.65. The first-order chi connectivity index (χ1) is 7.81. The maximum Gasteiger partial charge on any atom is 0.405 e. The van der Waals surface area contributed by atoms with E-state index in [1.165, 1.54) is 18.3 Å². The molecule has 17 heavy (non-hydrogen) atoms. The van der Waals surface area contributed by atoms with E-state index in [0.29, 0.717) is 5.56 Å². The van der Waals surface area contributed by atoms with E-state index in [4.69, 9.17) is 10.5 Å². The lowest BCUT2D eigenvalue weighted by Crippen LogP contribution is -2.29. The summed E-state index contributed by atoms with van der Waals surface area (Å²) in [5, 5.41) is 0. The van der Waals surface area contributed by atoms with E-state index in [1.807, 2.05) is 0 Å². The van der Waals surface area contributed by atoms with Crippen LogP contribution in [0, 0.1) is 0 Å². The molecule has 1 aromatic rings. The van der Waals surface area contributed by atoms with Gasteiger partial charge in [-0.25, -0.2) is 9.78 Å². The molecule has 2 N–H and O–H groups in total. The number of carbonyl (C=O) groups excluding carboxylic acids is 1. The normalized spacial score (nSPS) is 11.4. The average Bonchev–Trinajstić information content (AvgIpc) is 2.15. The summed E-state index contributed by atoms with van der Waals surface area (Å²) in [5.74, 6) is -0.251. The number of hydrogen-bond donors (Lipinski definition) is 1. The van der Waals surface area contributed by atoms with Gasteiger partial charge in [0.25, 0.3) is 0 Å². The van der Waals surface area contributed by atoms with E-state index in [-0.39, 0.29) is 5.88 Å². The first-order valence-electron chi connectivity index (χ1n) is 4.71. The van der Waals surface area contributed by atoms with Crippen molar-refractivity contribution in [2.45, 2.75) is 26.1 Å². The summed E-state index contributed by atoms with van der Waals surface area (Å²) >= 11 is 0. The third-order valence-corrected chi connectivity index (χ3v) is 2.00. The zero-order valence-electron chi connectivity index (χ0n) is 9.31. The molecule has 1 heterocycles. The molecular formula is C10H12F2N2O3. The zero-order chi connectivity index (χ0) is 13.1. The van der Waals surface area contributed by atoms with Gasteiger partial charge in [-0.15, -0.1) is 0 Å². The number of ether oxygens (including phenoxy) is 2. The Hall–Kier alpha value is -1.92. The number of aromatic nitrogens is 1. The van der Waals surface area contributed by atoms with Crippen LogP contribution < -0.4 is 10.5 Å². The van der Waals surface area contributed by atoms with Gasteiger partial charge in [-0.3, -0.25) is 0 Å². The summed E-state index contributed by atoms with van der Waals surface area (Å²) in [6, 6.07) is 2.77.